The maximum atomic E-state index is 12.3. The summed E-state index contributed by atoms with van der Waals surface area (Å²) < 4.78 is 5.53. The quantitative estimate of drug-likeness (QED) is 0.869. The Balaban J connectivity index is 1.61. The molecular formula is C19H28N2O2S. The predicted octanol–water partition coefficient (Wildman–Crippen LogP) is 4.21. The molecule has 0 unspecified atom stereocenters. The van der Waals surface area contributed by atoms with E-state index >= 15 is 0 Å². The third-order valence-electron chi connectivity index (χ3n) is 4.47. The zero-order valence-corrected chi connectivity index (χ0v) is 15.7. The lowest BCUT2D eigenvalue weighted by Crippen LogP contribution is -2.50. The summed E-state index contributed by atoms with van der Waals surface area (Å²) in [6, 6.07) is 9.40. The van der Waals surface area contributed by atoms with Gasteiger partial charge in [-0.05, 0) is 57.4 Å². The summed E-state index contributed by atoms with van der Waals surface area (Å²) >= 11 is 1.94. The van der Waals surface area contributed by atoms with Crippen molar-refractivity contribution in [1.82, 2.24) is 10.2 Å². The van der Waals surface area contributed by atoms with E-state index in [0.717, 1.165) is 38.1 Å². The van der Waals surface area contributed by atoms with Crippen molar-refractivity contribution in [2.24, 2.45) is 0 Å². The van der Waals surface area contributed by atoms with Gasteiger partial charge in [-0.15, -0.1) is 11.8 Å². The minimum absolute atomic E-state index is 0.186. The Hall–Kier alpha value is -1.20. The van der Waals surface area contributed by atoms with Crippen LogP contribution in [0, 0.1) is 0 Å². The second-order valence-corrected chi connectivity index (χ2v) is 8.80. The highest BCUT2D eigenvalue weighted by Gasteiger charge is 2.30. The van der Waals surface area contributed by atoms with Crippen LogP contribution in [0.5, 0.6) is 0 Å². The fourth-order valence-corrected chi connectivity index (χ4v) is 4.53. The van der Waals surface area contributed by atoms with Gasteiger partial charge in [0, 0.05) is 30.1 Å². The SMILES string of the molecule is CC(C)(C)OC(=O)N1CCC[C@@H](N[C@@H]2CCSc3ccccc32)C1. The van der Waals surface area contributed by atoms with Crippen LogP contribution in [0.3, 0.4) is 0 Å². The molecule has 0 radical (unpaired) electrons. The summed E-state index contributed by atoms with van der Waals surface area (Å²) in [5.74, 6) is 1.15. The first-order chi connectivity index (χ1) is 11.4. The normalized spacial score (nSPS) is 24.4. The van der Waals surface area contributed by atoms with Crippen LogP contribution in [0.2, 0.25) is 0 Å². The fraction of sp³-hybridized carbons (Fsp3) is 0.632. The molecule has 2 aliphatic heterocycles. The van der Waals surface area contributed by atoms with Crippen LogP contribution in [0.15, 0.2) is 29.2 Å². The molecule has 1 aromatic rings. The molecule has 0 saturated carbocycles. The van der Waals surface area contributed by atoms with E-state index in [9.17, 15) is 4.79 Å². The summed E-state index contributed by atoms with van der Waals surface area (Å²) in [6.07, 6.45) is 3.10. The van der Waals surface area contributed by atoms with E-state index in [4.69, 9.17) is 4.74 Å². The molecule has 0 aromatic heterocycles. The third kappa shape index (κ3) is 4.45. The average Bonchev–Trinajstić information content (AvgIpc) is 2.54. The van der Waals surface area contributed by atoms with Crippen molar-refractivity contribution in [1.29, 1.82) is 0 Å². The highest BCUT2D eigenvalue weighted by molar-refractivity contribution is 7.99. The largest absolute Gasteiger partial charge is 0.444 e. The van der Waals surface area contributed by atoms with Crippen LogP contribution < -0.4 is 5.32 Å². The molecule has 1 N–H and O–H groups in total. The number of fused-ring (bicyclic) bond motifs is 1. The monoisotopic (exact) mass is 348 g/mol. The molecule has 24 heavy (non-hydrogen) atoms. The molecule has 0 bridgehead atoms. The smallest absolute Gasteiger partial charge is 0.410 e. The Kier molecular flexibility index (Phi) is 5.40. The van der Waals surface area contributed by atoms with Crippen molar-refractivity contribution in [2.75, 3.05) is 18.8 Å². The summed E-state index contributed by atoms with van der Waals surface area (Å²) in [5.41, 5.74) is 0.972. The summed E-state index contributed by atoms with van der Waals surface area (Å²) in [4.78, 5) is 15.6. The van der Waals surface area contributed by atoms with Crippen molar-refractivity contribution in [3.8, 4) is 0 Å². The Morgan fingerprint density at radius 3 is 2.88 bits per heavy atom. The topological polar surface area (TPSA) is 41.6 Å². The Bertz CT molecular complexity index is 585. The first-order valence-electron chi connectivity index (χ1n) is 8.88. The number of piperidine rings is 1. The summed E-state index contributed by atoms with van der Waals surface area (Å²) in [7, 11) is 0. The maximum Gasteiger partial charge on any atom is 0.410 e. The number of carbonyl (C=O) groups excluding carboxylic acids is 1. The van der Waals surface area contributed by atoms with E-state index in [1.54, 1.807) is 0 Å². The average molecular weight is 349 g/mol. The van der Waals surface area contributed by atoms with Crippen molar-refractivity contribution < 1.29 is 9.53 Å². The van der Waals surface area contributed by atoms with Gasteiger partial charge in [-0.3, -0.25) is 0 Å². The van der Waals surface area contributed by atoms with Crippen LogP contribution in [0.1, 0.15) is 51.6 Å². The molecule has 132 valence electrons. The molecule has 2 aliphatic rings. The fourth-order valence-electron chi connectivity index (χ4n) is 3.41. The minimum atomic E-state index is -0.434. The summed E-state index contributed by atoms with van der Waals surface area (Å²) in [6.45, 7) is 7.29. The molecule has 1 aromatic carbocycles. The van der Waals surface area contributed by atoms with E-state index < -0.39 is 5.60 Å². The lowest BCUT2D eigenvalue weighted by Gasteiger charge is -2.37. The molecule has 1 amide bonds. The van der Waals surface area contributed by atoms with Gasteiger partial charge in [0.1, 0.15) is 5.60 Å². The number of hydrogen-bond acceptors (Lipinski definition) is 4. The molecule has 0 spiro atoms. The number of likely N-dealkylation sites (tertiary alicyclic amines) is 1. The van der Waals surface area contributed by atoms with Crippen LogP contribution >= 0.6 is 11.8 Å². The molecule has 2 atom stereocenters. The highest BCUT2D eigenvalue weighted by atomic mass is 32.2. The van der Waals surface area contributed by atoms with E-state index in [-0.39, 0.29) is 6.09 Å². The molecule has 1 fully saturated rings. The van der Waals surface area contributed by atoms with Crippen molar-refractivity contribution in [2.45, 2.75) is 62.6 Å². The van der Waals surface area contributed by atoms with Crippen LogP contribution in [-0.2, 0) is 4.74 Å². The zero-order chi connectivity index (χ0) is 17.2. The first kappa shape index (κ1) is 17.6. The van der Waals surface area contributed by atoms with Crippen molar-refractivity contribution in [3.63, 3.8) is 0 Å². The Morgan fingerprint density at radius 1 is 1.29 bits per heavy atom. The number of rotatable bonds is 2. The van der Waals surface area contributed by atoms with Crippen LogP contribution in [-0.4, -0.2) is 41.5 Å². The van der Waals surface area contributed by atoms with Gasteiger partial charge >= 0.3 is 6.09 Å². The molecule has 2 heterocycles. The molecular weight excluding hydrogens is 320 g/mol. The van der Waals surface area contributed by atoms with E-state index in [1.165, 1.54) is 10.5 Å². The van der Waals surface area contributed by atoms with Crippen molar-refractivity contribution >= 4 is 17.9 Å². The van der Waals surface area contributed by atoms with E-state index in [2.05, 4.69) is 29.6 Å². The van der Waals surface area contributed by atoms with E-state index in [1.807, 2.05) is 37.4 Å². The third-order valence-corrected chi connectivity index (χ3v) is 5.59. The standard InChI is InChI=1S/C19H28N2O2S/c1-19(2,3)23-18(22)21-11-6-7-14(13-21)20-16-10-12-24-17-9-5-4-8-15(16)17/h4-5,8-9,14,16,20H,6-7,10-13H2,1-3H3/t14-,16-/m1/s1. The number of benzene rings is 1. The minimum Gasteiger partial charge on any atom is -0.444 e. The molecule has 3 rings (SSSR count). The number of hydrogen-bond donors (Lipinski definition) is 1. The lowest BCUT2D eigenvalue weighted by atomic mass is 9.99. The van der Waals surface area contributed by atoms with Gasteiger partial charge < -0.3 is 15.0 Å². The number of nitrogens with zero attached hydrogens (tertiary/aromatic N) is 1. The zero-order valence-electron chi connectivity index (χ0n) is 14.9. The second-order valence-electron chi connectivity index (χ2n) is 7.66. The first-order valence-corrected chi connectivity index (χ1v) is 9.86. The van der Waals surface area contributed by atoms with Gasteiger partial charge in [0.05, 0.1) is 0 Å². The molecule has 5 heteroatoms. The molecule has 4 nitrogen and oxygen atoms in total. The number of nitrogens with one attached hydrogen (secondary N) is 1. The number of amides is 1. The Morgan fingerprint density at radius 2 is 2.08 bits per heavy atom. The van der Waals surface area contributed by atoms with Gasteiger partial charge in [0.2, 0.25) is 0 Å². The second kappa shape index (κ2) is 7.36. The summed E-state index contributed by atoms with van der Waals surface area (Å²) in [5, 5.41) is 3.80. The van der Waals surface area contributed by atoms with Gasteiger partial charge in [-0.1, -0.05) is 18.2 Å². The van der Waals surface area contributed by atoms with Crippen LogP contribution in [0.25, 0.3) is 0 Å². The van der Waals surface area contributed by atoms with Crippen molar-refractivity contribution in [3.05, 3.63) is 29.8 Å². The van der Waals surface area contributed by atoms with Gasteiger partial charge in [-0.25, -0.2) is 4.79 Å². The molecule has 0 aliphatic carbocycles. The van der Waals surface area contributed by atoms with Gasteiger partial charge in [0.25, 0.3) is 0 Å². The Labute approximate surface area is 149 Å². The maximum absolute atomic E-state index is 12.3. The van der Waals surface area contributed by atoms with Crippen LogP contribution in [0.4, 0.5) is 4.79 Å². The predicted molar refractivity (Wildman–Crippen MR) is 98.5 cm³/mol. The number of carbonyl (C=O) groups is 1. The number of ether oxygens (including phenoxy) is 1. The lowest BCUT2D eigenvalue weighted by molar-refractivity contribution is 0.0183. The molecule has 1 saturated heterocycles. The number of thioether (sulfide) groups is 1. The van der Waals surface area contributed by atoms with E-state index in [0.29, 0.717) is 12.1 Å². The van der Waals surface area contributed by atoms with Gasteiger partial charge in [0.15, 0.2) is 0 Å². The highest BCUT2D eigenvalue weighted by Crippen LogP contribution is 2.36. The van der Waals surface area contributed by atoms with Gasteiger partial charge in [-0.2, -0.15) is 0 Å².